The second-order valence-electron chi connectivity index (χ2n) is 3.29. The summed E-state index contributed by atoms with van der Waals surface area (Å²) in [5.41, 5.74) is 3.48. The molecule has 0 saturated carbocycles. The van der Waals surface area contributed by atoms with Crippen molar-refractivity contribution in [2.75, 3.05) is 0 Å². The first kappa shape index (κ1) is 8.70. The molecule has 0 bridgehead atoms. The van der Waals surface area contributed by atoms with Gasteiger partial charge in [-0.3, -0.25) is 0 Å². The van der Waals surface area contributed by atoms with E-state index in [1.807, 2.05) is 0 Å². The Labute approximate surface area is 85.9 Å². The Morgan fingerprint density at radius 3 is 2.69 bits per heavy atom. The van der Waals surface area contributed by atoms with Crippen LogP contribution >= 0.6 is 15.9 Å². The van der Waals surface area contributed by atoms with Crippen molar-refractivity contribution in [1.29, 1.82) is 0 Å². The summed E-state index contributed by atoms with van der Waals surface area (Å²) in [4.78, 5) is 4.45. The third-order valence-corrected chi connectivity index (χ3v) is 2.90. The van der Waals surface area contributed by atoms with Gasteiger partial charge in [-0.25, -0.2) is 4.98 Å². The van der Waals surface area contributed by atoms with E-state index in [-0.39, 0.29) is 0 Å². The number of aromatic nitrogens is 1. The predicted molar refractivity (Wildman–Crippen MR) is 58.9 cm³/mol. The highest BCUT2D eigenvalue weighted by molar-refractivity contribution is 9.10. The largest absolute Gasteiger partial charge is 0.241 e. The molecule has 0 aliphatic carbocycles. The number of halogens is 1. The Morgan fingerprint density at radius 2 is 1.92 bits per heavy atom. The van der Waals surface area contributed by atoms with Crippen LogP contribution in [0.4, 0.5) is 0 Å². The molecule has 0 saturated heterocycles. The van der Waals surface area contributed by atoms with Gasteiger partial charge in [0.15, 0.2) is 0 Å². The molecule has 2 rings (SSSR count). The summed E-state index contributed by atoms with van der Waals surface area (Å²) >= 11 is 3.43. The molecule has 2 heteroatoms. The zero-order chi connectivity index (χ0) is 9.42. The maximum Gasteiger partial charge on any atom is 0.109 e. The van der Waals surface area contributed by atoms with E-state index in [9.17, 15) is 0 Å². The van der Waals surface area contributed by atoms with Gasteiger partial charge in [-0.2, -0.15) is 0 Å². The first-order valence-electron chi connectivity index (χ1n) is 4.20. The van der Waals surface area contributed by atoms with E-state index in [0.717, 1.165) is 10.1 Å². The van der Waals surface area contributed by atoms with Crippen LogP contribution < -0.4 is 0 Å². The van der Waals surface area contributed by atoms with Crippen LogP contribution in [0.15, 0.2) is 28.9 Å². The molecule has 1 aromatic carbocycles. The highest BCUT2D eigenvalue weighted by Crippen LogP contribution is 2.20. The fourth-order valence-corrected chi connectivity index (χ4v) is 1.66. The quantitative estimate of drug-likeness (QED) is 0.636. The molecule has 1 heterocycles. The molecule has 66 valence electrons. The standard InChI is InChI=1S/C11H10BrN/c1-7-3-4-9-6-8(2)11(12)13-10(9)5-7/h3-6H,1-2H3. The summed E-state index contributed by atoms with van der Waals surface area (Å²) in [6, 6.07) is 8.46. The molecule has 0 radical (unpaired) electrons. The second-order valence-corrected chi connectivity index (χ2v) is 4.04. The number of nitrogens with zero attached hydrogens (tertiary/aromatic N) is 1. The Hall–Kier alpha value is -0.890. The maximum absolute atomic E-state index is 4.45. The van der Waals surface area contributed by atoms with Crippen molar-refractivity contribution in [3.63, 3.8) is 0 Å². The van der Waals surface area contributed by atoms with Gasteiger partial charge in [0.2, 0.25) is 0 Å². The molecule has 0 N–H and O–H groups in total. The van der Waals surface area contributed by atoms with Gasteiger partial charge in [0.1, 0.15) is 4.60 Å². The number of rotatable bonds is 0. The first-order chi connectivity index (χ1) is 6.16. The zero-order valence-electron chi connectivity index (χ0n) is 7.63. The SMILES string of the molecule is Cc1ccc2cc(C)c(Br)nc2c1. The number of hydrogen-bond acceptors (Lipinski definition) is 1. The molecule has 0 aliphatic heterocycles. The summed E-state index contributed by atoms with van der Waals surface area (Å²) in [6.45, 7) is 4.13. The van der Waals surface area contributed by atoms with E-state index in [2.05, 4.69) is 59.0 Å². The number of aryl methyl sites for hydroxylation is 2. The Balaban J connectivity index is 2.81. The van der Waals surface area contributed by atoms with Gasteiger partial charge >= 0.3 is 0 Å². The lowest BCUT2D eigenvalue weighted by atomic mass is 10.1. The van der Waals surface area contributed by atoms with Crippen LogP contribution in [-0.4, -0.2) is 4.98 Å². The molecule has 0 amide bonds. The van der Waals surface area contributed by atoms with Gasteiger partial charge in [-0.05, 0) is 53.0 Å². The second kappa shape index (κ2) is 3.11. The third-order valence-electron chi connectivity index (χ3n) is 2.10. The van der Waals surface area contributed by atoms with Crippen LogP contribution in [0.3, 0.4) is 0 Å². The molecule has 0 unspecified atom stereocenters. The minimum atomic E-state index is 0.936. The van der Waals surface area contributed by atoms with E-state index in [1.54, 1.807) is 0 Å². The van der Waals surface area contributed by atoms with Gasteiger partial charge in [0.25, 0.3) is 0 Å². The molecule has 1 nitrogen and oxygen atoms in total. The number of hydrogen-bond donors (Lipinski definition) is 0. The predicted octanol–water partition coefficient (Wildman–Crippen LogP) is 3.61. The smallest absolute Gasteiger partial charge is 0.109 e. The lowest BCUT2D eigenvalue weighted by molar-refractivity contribution is 1.27. The molecule has 0 aliphatic rings. The lowest BCUT2D eigenvalue weighted by Gasteiger charge is -2.02. The highest BCUT2D eigenvalue weighted by Gasteiger charge is 1.99. The van der Waals surface area contributed by atoms with Crippen LogP contribution in [0.5, 0.6) is 0 Å². The first-order valence-corrected chi connectivity index (χ1v) is 4.99. The number of benzene rings is 1. The summed E-state index contributed by atoms with van der Waals surface area (Å²) in [6.07, 6.45) is 0. The fourth-order valence-electron chi connectivity index (χ4n) is 1.36. The number of pyridine rings is 1. The lowest BCUT2D eigenvalue weighted by Crippen LogP contribution is -1.85. The normalized spacial score (nSPS) is 10.7. The summed E-state index contributed by atoms with van der Waals surface area (Å²) in [7, 11) is 0. The summed E-state index contributed by atoms with van der Waals surface area (Å²) < 4.78 is 0.936. The highest BCUT2D eigenvalue weighted by atomic mass is 79.9. The minimum absolute atomic E-state index is 0.936. The van der Waals surface area contributed by atoms with Gasteiger partial charge in [-0.15, -0.1) is 0 Å². The van der Waals surface area contributed by atoms with Crippen molar-refractivity contribution >= 4 is 26.8 Å². The van der Waals surface area contributed by atoms with E-state index < -0.39 is 0 Å². The van der Waals surface area contributed by atoms with E-state index in [4.69, 9.17) is 0 Å². The van der Waals surface area contributed by atoms with Gasteiger partial charge in [0.05, 0.1) is 5.52 Å². The minimum Gasteiger partial charge on any atom is -0.241 e. The van der Waals surface area contributed by atoms with Crippen LogP contribution in [0.1, 0.15) is 11.1 Å². The van der Waals surface area contributed by atoms with Crippen molar-refractivity contribution in [3.8, 4) is 0 Å². The van der Waals surface area contributed by atoms with Gasteiger partial charge in [-0.1, -0.05) is 12.1 Å². The van der Waals surface area contributed by atoms with Crippen LogP contribution in [-0.2, 0) is 0 Å². The molecule has 1 aromatic heterocycles. The molecule has 0 atom stereocenters. The molecule has 13 heavy (non-hydrogen) atoms. The molecule has 0 spiro atoms. The topological polar surface area (TPSA) is 12.9 Å². The van der Waals surface area contributed by atoms with Gasteiger partial charge in [0, 0.05) is 5.39 Å². The van der Waals surface area contributed by atoms with E-state index in [0.29, 0.717) is 0 Å². The van der Waals surface area contributed by atoms with Crippen molar-refractivity contribution in [2.24, 2.45) is 0 Å². The fraction of sp³-hybridized carbons (Fsp3) is 0.182. The monoisotopic (exact) mass is 235 g/mol. The average Bonchev–Trinajstić information content (AvgIpc) is 2.08. The van der Waals surface area contributed by atoms with Crippen molar-refractivity contribution in [3.05, 3.63) is 40.0 Å². The van der Waals surface area contributed by atoms with Crippen molar-refractivity contribution < 1.29 is 0 Å². The Morgan fingerprint density at radius 1 is 1.15 bits per heavy atom. The van der Waals surface area contributed by atoms with E-state index in [1.165, 1.54) is 16.5 Å². The number of fused-ring (bicyclic) bond motifs is 1. The Bertz CT molecular complexity index is 463. The van der Waals surface area contributed by atoms with Crippen molar-refractivity contribution in [2.45, 2.75) is 13.8 Å². The Kier molecular flexibility index (Phi) is 2.08. The molecular weight excluding hydrogens is 226 g/mol. The van der Waals surface area contributed by atoms with Crippen LogP contribution in [0.2, 0.25) is 0 Å². The van der Waals surface area contributed by atoms with Crippen LogP contribution in [0.25, 0.3) is 10.9 Å². The van der Waals surface area contributed by atoms with Gasteiger partial charge < -0.3 is 0 Å². The third kappa shape index (κ3) is 1.59. The van der Waals surface area contributed by atoms with Crippen molar-refractivity contribution in [1.82, 2.24) is 4.98 Å². The summed E-state index contributed by atoms with van der Waals surface area (Å²) in [5, 5.41) is 1.20. The average molecular weight is 236 g/mol. The van der Waals surface area contributed by atoms with Crippen LogP contribution in [0, 0.1) is 13.8 Å². The molecular formula is C11H10BrN. The maximum atomic E-state index is 4.45. The van der Waals surface area contributed by atoms with E-state index >= 15 is 0 Å². The zero-order valence-corrected chi connectivity index (χ0v) is 9.22. The summed E-state index contributed by atoms with van der Waals surface area (Å²) in [5.74, 6) is 0. The molecule has 2 aromatic rings. The molecule has 0 fully saturated rings.